The molecule has 0 aliphatic heterocycles. The van der Waals surface area contributed by atoms with Crippen LogP contribution in [0.5, 0.6) is 0 Å². The Hall–Kier alpha value is -2.24. The summed E-state index contributed by atoms with van der Waals surface area (Å²) < 4.78 is 6.79. The third kappa shape index (κ3) is 3.45. The molecule has 2 aromatic rings. The molecule has 2 heterocycles. The van der Waals surface area contributed by atoms with Crippen LogP contribution in [0.2, 0.25) is 0 Å². The van der Waals surface area contributed by atoms with Crippen LogP contribution >= 0.6 is 0 Å². The van der Waals surface area contributed by atoms with E-state index in [0.717, 1.165) is 6.42 Å². The quantitative estimate of drug-likeness (QED) is 0.764. The Morgan fingerprint density at radius 1 is 1.38 bits per heavy atom. The first-order chi connectivity index (χ1) is 10.2. The number of aromatic nitrogens is 4. The Bertz CT molecular complexity index is 595. The highest BCUT2D eigenvalue weighted by molar-refractivity contribution is 5.93. The van der Waals surface area contributed by atoms with Crippen LogP contribution < -0.4 is 0 Å². The van der Waals surface area contributed by atoms with Gasteiger partial charge in [0.1, 0.15) is 5.69 Å². The molecular weight excluding hydrogens is 268 g/mol. The van der Waals surface area contributed by atoms with Gasteiger partial charge in [-0.3, -0.25) is 4.98 Å². The van der Waals surface area contributed by atoms with E-state index >= 15 is 0 Å². The fourth-order valence-corrected chi connectivity index (χ4v) is 1.96. The first-order valence-electron chi connectivity index (χ1n) is 7.19. The second-order valence-corrected chi connectivity index (χ2v) is 4.92. The summed E-state index contributed by atoms with van der Waals surface area (Å²) in [7, 11) is 0. The lowest BCUT2D eigenvalue weighted by molar-refractivity contribution is 0.0520. The summed E-state index contributed by atoms with van der Waals surface area (Å²) in [5, 5.41) is 8.11. The van der Waals surface area contributed by atoms with E-state index in [4.69, 9.17) is 4.74 Å². The van der Waals surface area contributed by atoms with Crippen molar-refractivity contribution in [3.8, 4) is 11.4 Å². The predicted octanol–water partition coefficient (Wildman–Crippen LogP) is 2.56. The molecule has 112 valence electrons. The number of esters is 1. The number of ether oxygens (including phenoxy) is 1. The average molecular weight is 288 g/mol. The van der Waals surface area contributed by atoms with Crippen LogP contribution in [0.3, 0.4) is 0 Å². The fourth-order valence-electron chi connectivity index (χ4n) is 1.96. The Kier molecular flexibility index (Phi) is 5.03. The van der Waals surface area contributed by atoms with Gasteiger partial charge in [-0.2, -0.15) is 0 Å². The maximum atomic E-state index is 12.0. The second kappa shape index (κ2) is 6.97. The van der Waals surface area contributed by atoms with Gasteiger partial charge in [0, 0.05) is 12.7 Å². The fraction of sp³-hybridized carbons (Fsp3) is 0.467. The van der Waals surface area contributed by atoms with Gasteiger partial charge in [-0.15, -0.1) is 5.10 Å². The minimum absolute atomic E-state index is 0.221. The van der Waals surface area contributed by atoms with Crippen molar-refractivity contribution in [2.45, 2.75) is 33.7 Å². The smallest absolute Gasteiger partial charge is 0.361 e. The van der Waals surface area contributed by atoms with Crippen molar-refractivity contribution in [2.24, 2.45) is 5.92 Å². The molecular formula is C15H20N4O2. The molecule has 0 fully saturated rings. The largest absolute Gasteiger partial charge is 0.461 e. The summed E-state index contributed by atoms with van der Waals surface area (Å²) in [6.07, 6.45) is 2.71. The van der Waals surface area contributed by atoms with Crippen molar-refractivity contribution in [3.63, 3.8) is 0 Å². The highest BCUT2D eigenvalue weighted by Crippen LogP contribution is 2.22. The molecule has 0 amide bonds. The molecule has 0 saturated carbocycles. The highest BCUT2D eigenvalue weighted by Gasteiger charge is 2.23. The number of pyridine rings is 1. The van der Waals surface area contributed by atoms with E-state index < -0.39 is 5.97 Å². The van der Waals surface area contributed by atoms with E-state index in [-0.39, 0.29) is 5.69 Å². The average Bonchev–Trinajstić information content (AvgIpc) is 2.92. The minimum atomic E-state index is -0.464. The van der Waals surface area contributed by atoms with Crippen LogP contribution in [0, 0.1) is 5.92 Å². The molecule has 1 atom stereocenters. The lowest BCUT2D eigenvalue weighted by Gasteiger charge is -2.11. The van der Waals surface area contributed by atoms with E-state index in [0.29, 0.717) is 30.5 Å². The lowest BCUT2D eigenvalue weighted by Crippen LogP contribution is -2.12. The lowest BCUT2D eigenvalue weighted by atomic mass is 10.1. The molecule has 6 heteroatoms. The molecule has 2 rings (SSSR count). The van der Waals surface area contributed by atoms with Crippen LogP contribution in [0.15, 0.2) is 24.4 Å². The molecule has 0 radical (unpaired) electrons. The normalized spacial score (nSPS) is 12.1. The molecule has 0 N–H and O–H groups in total. The zero-order valence-corrected chi connectivity index (χ0v) is 12.6. The molecule has 0 aliphatic carbocycles. The second-order valence-electron chi connectivity index (χ2n) is 4.92. The topological polar surface area (TPSA) is 69.9 Å². The summed E-state index contributed by atoms with van der Waals surface area (Å²) >= 11 is 0. The summed E-state index contributed by atoms with van der Waals surface area (Å²) in [5.41, 5.74) is 1.52. The predicted molar refractivity (Wildman–Crippen MR) is 78.7 cm³/mol. The number of nitrogens with zero attached hydrogens (tertiary/aromatic N) is 4. The summed E-state index contributed by atoms with van der Waals surface area (Å²) in [4.78, 5) is 16.4. The van der Waals surface area contributed by atoms with Gasteiger partial charge in [0.15, 0.2) is 5.69 Å². The van der Waals surface area contributed by atoms with Crippen LogP contribution in [0.4, 0.5) is 0 Å². The van der Waals surface area contributed by atoms with Crippen LogP contribution in [0.25, 0.3) is 11.4 Å². The first kappa shape index (κ1) is 15.2. The number of hydrogen-bond acceptors (Lipinski definition) is 5. The van der Waals surface area contributed by atoms with Crippen LogP contribution in [-0.2, 0) is 11.3 Å². The number of carbonyl (C=O) groups is 1. The van der Waals surface area contributed by atoms with Crippen molar-refractivity contribution >= 4 is 5.97 Å². The Morgan fingerprint density at radius 2 is 2.19 bits per heavy atom. The van der Waals surface area contributed by atoms with E-state index in [1.165, 1.54) is 0 Å². The van der Waals surface area contributed by atoms with Crippen molar-refractivity contribution in [1.29, 1.82) is 0 Å². The Balaban J connectivity index is 2.45. The standard InChI is InChI=1S/C15H20N4O2/c1-4-11(3)10-19-14(12-8-6-7-9-16-12)13(17-18-19)15(20)21-5-2/h6-9,11H,4-5,10H2,1-3H3. The Labute approximate surface area is 124 Å². The van der Waals surface area contributed by atoms with Gasteiger partial charge in [-0.1, -0.05) is 31.5 Å². The molecule has 1 unspecified atom stereocenters. The number of rotatable bonds is 6. The van der Waals surface area contributed by atoms with Gasteiger partial charge in [0.25, 0.3) is 0 Å². The van der Waals surface area contributed by atoms with Gasteiger partial charge in [0.2, 0.25) is 0 Å². The monoisotopic (exact) mass is 288 g/mol. The van der Waals surface area contributed by atoms with Crippen molar-refractivity contribution in [2.75, 3.05) is 6.61 Å². The third-order valence-corrected chi connectivity index (χ3v) is 3.29. The molecule has 0 aliphatic rings. The molecule has 6 nitrogen and oxygen atoms in total. The Morgan fingerprint density at radius 3 is 2.81 bits per heavy atom. The molecule has 2 aromatic heterocycles. The molecule has 0 aromatic carbocycles. The maximum absolute atomic E-state index is 12.0. The van der Waals surface area contributed by atoms with Gasteiger partial charge in [0.05, 0.1) is 12.3 Å². The zero-order chi connectivity index (χ0) is 15.2. The SMILES string of the molecule is CCOC(=O)c1nnn(CC(C)CC)c1-c1ccccn1. The minimum Gasteiger partial charge on any atom is -0.461 e. The van der Waals surface area contributed by atoms with E-state index in [1.807, 2.05) is 18.2 Å². The van der Waals surface area contributed by atoms with Gasteiger partial charge in [-0.25, -0.2) is 9.48 Å². The number of carbonyl (C=O) groups excluding carboxylic acids is 1. The summed E-state index contributed by atoms with van der Waals surface area (Å²) in [6, 6.07) is 5.54. The maximum Gasteiger partial charge on any atom is 0.361 e. The van der Waals surface area contributed by atoms with Gasteiger partial charge >= 0.3 is 5.97 Å². The van der Waals surface area contributed by atoms with E-state index in [9.17, 15) is 4.79 Å². The third-order valence-electron chi connectivity index (χ3n) is 3.29. The van der Waals surface area contributed by atoms with Gasteiger partial charge < -0.3 is 4.74 Å². The van der Waals surface area contributed by atoms with Crippen LogP contribution in [-0.4, -0.2) is 32.6 Å². The molecule has 0 saturated heterocycles. The van der Waals surface area contributed by atoms with E-state index in [2.05, 4.69) is 29.1 Å². The molecule has 0 spiro atoms. The van der Waals surface area contributed by atoms with Crippen molar-refractivity contribution in [1.82, 2.24) is 20.0 Å². The summed E-state index contributed by atoms with van der Waals surface area (Å²) in [6.45, 7) is 7.01. The molecule has 21 heavy (non-hydrogen) atoms. The van der Waals surface area contributed by atoms with Crippen molar-refractivity contribution < 1.29 is 9.53 Å². The number of hydrogen-bond donors (Lipinski definition) is 0. The highest BCUT2D eigenvalue weighted by atomic mass is 16.5. The first-order valence-corrected chi connectivity index (χ1v) is 7.19. The summed E-state index contributed by atoms with van der Waals surface area (Å²) in [5.74, 6) is -0.0298. The van der Waals surface area contributed by atoms with Crippen LogP contribution in [0.1, 0.15) is 37.7 Å². The van der Waals surface area contributed by atoms with E-state index in [1.54, 1.807) is 17.8 Å². The van der Waals surface area contributed by atoms with Gasteiger partial charge in [-0.05, 0) is 25.0 Å². The molecule has 0 bridgehead atoms. The van der Waals surface area contributed by atoms with Crippen molar-refractivity contribution in [3.05, 3.63) is 30.1 Å². The zero-order valence-electron chi connectivity index (χ0n) is 12.6.